The van der Waals surface area contributed by atoms with Gasteiger partial charge >= 0.3 is 0 Å². The van der Waals surface area contributed by atoms with Gasteiger partial charge in [-0.05, 0) is 36.9 Å². The highest BCUT2D eigenvalue weighted by Gasteiger charge is 2.19. The van der Waals surface area contributed by atoms with Crippen LogP contribution in [0.3, 0.4) is 0 Å². The monoisotopic (exact) mass is 297 g/mol. The Morgan fingerprint density at radius 1 is 1.26 bits per heavy atom. The molecule has 1 aromatic heterocycles. The molecule has 1 atom stereocenters. The van der Waals surface area contributed by atoms with Gasteiger partial charge in [0.1, 0.15) is 0 Å². The fourth-order valence-corrected chi connectivity index (χ4v) is 3.20. The van der Waals surface area contributed by atoms with Gasteiger partial charge in [-0.15, -0.1) is 11.8 Å². The minimum absolute atomic E-state index is 0.0695. The van der Waals surface area contributed by atoms with Gasteiger partial charge in [0.25, 0.3) is 10.0 Å². The third kappa shape index (κ3) is 3.37. The second kappa shape index (κ2) is 5.77. The average molecular weight is 297 g/mol. The Kier molecular flexibility index (Phi) is 4.28. The third-order valence-corrected chi connectivity index (χ3v) is 4.93. The molecule has 2 rings (SSSR count). The van der Waals surface area contributed by atoms with Crippen molar-refractivity contribution in [2.75, 3.05) is 6.26 Å². The van der Waals surface area contributed by atoms with Crippen molar-refractivity contribution in [2.45, 2.75) is 22.9 Å². The van der Waals surface area contributed by atoms with Gasteiger partial charge < -0.3 is 0 Å². The highest BCUT2D eigenvalue weighted by molar-refractivity contribution is 7.98. The Morgan fingerprint density at radius 2 is 1.95 bits per heavy atom. The molecule has 5 nitrogen and oxygen atoms in total. The Balaban J connectivity index is 2.14. The summed E-state index contributed by atoms with van der Waals surface area (Å²) >= 11 is 1.65. The summed E-state index contributed by atoms with van der Waals surface area (Å²) in [4.78, 5) is 1.15. The van der Waals surface area contributed by atoms with E-state index in [9.17, 15) is 8.42 Å². The number of thioether (sulfide) groups is 1. The summed E-state index contributed by atoms with van der Waals surface area (Å²) in [5, 5.41) is 6.16. The fourth-order valence-electron chi connectivity index (χ4n) is 1.65. The molecular weight excluding hydrogens is 282 g/mol. The standard InChI is InChI=1S/C12H15N3O2S2/c1-9(10-3-5-11(18-2)6-4-10)15-19(16,17)12-7-8-13-14-12/h3-9,15H,1-2H3,(H,13,14). The minimum Gasteiger partial charge on any atom is -0.266 e. The lowest BCUT2D eigenvalue weighted by Crippen LogP contribution is -2.27. The van der Waals surface area contributed by atoms with Crippen molar-refractivity contribution in [3.8, 4) is 0 Å². The Hall–Kier alpha value is -1.31. The molecule has 1 heterocycles. The molecule has 0 amide bonds. The van der Waals surface area contributed by atoms with Crippen LogP contribution in [0.25, 0.3) is 0 Å². The molecule has 1 unspecified atom stereocenters. The molecule has 2 aromatic rings. The van der Waals surface area contributed by atoms with Crippen molar-refractivity contribution >= 4 is 21.8 Å². The molecule has 2 N–H and O–H groups in total. The number of H-pyrrole nitrogens is 1. The molecular formula is C12H15N3O2S2. The van der Waals surface area contributed by atoms with Gasteiger partial charge in [-0.2, -0.15) is 5.10 Å². The van der Waals surface area contributed by atoms with E-state index in [0.29, 0.717) is 0 Å². The smallest absolute Gasteiger partial charge is 0.258 e. The van der Waals surface area contributed by atoms with Crippen molar-refractivity contribution < 1.29 is 8.42 Å². The molecule has 0 radical (unpaired) electrons. The number of sulfonamides is 1. The second-order valence-corrected chi connectivity index (χ2v) is 6.60. The first kappa shape index (κ1) is 14.1. The second-order valence-electron chi connectivity index (χ2n) is 4.04. The normalized spacial score (nSPS) is 13.4. The molecule has 0 aliphatic rings. The van der Waals surface area contributed by atoms with Crippen molar-refractivity contribution in [1.82, 2.24) is 14.9 Å². The zero-order chi connectivity index (χ0) is 13.9. The van der Waals surface area contributed by atoms with Gasteiger partial charge in [0, 0.05) is 10.9 Å². The van der Waals surface area contributed by atoms with Crippen molar-refractivity contribution in [2.24, 2.45) is 0 Å². The first-order valence-corrected chi connectivity index (χ1v) is 8.39. The van der Waals surface area contributed by atoms with Gasteiger partial charge in [-0.1, -0.05) is 12.1 Å². The number of nitrogens with zero attached hydrogens (tertiary/aromatic N) is 1. The highest BCUT2D eigenvalue weighted by Crippen LogP contribution is 2.20. The van der Waals surface area contributed by atoms with E-state index < -0.39 is 10.0 Å². The third-order valence-electron chi connectivity index (χ3n) is 2.71. The summed E-state index contributed by atoms with van der Waals surface area (Å²) in [5.74, 6) is 0. The first-order chi connectivity index (χ1) is 9.03. The van der Waals surface area contributed by atoms with Crippen LogP contribution < -0.4 is 4.72 Å². The molecule has 102 valence electrons. The largest absolute Gasteiger partial charge is 0.266 e. The fraction of sp³-hybridized carbons (Fsp3) is 0.250. The van der Waals surface area contributed by atoms with Gasteiger partial charge in [0.2, 0.25) is 0 Å². The Morgan fingerprint density at radius 3 is 2.47 bits per heavy atom. The zero-order valence-corrected chi connectivity index (χ0v) is 12.3. The van der Waals surface area contributed by atoms with E-state index in [1.807, 2.05) is 37.4 Å². The van der Waals surface area contributed by atoms with Crippen LogP contribution in [0.15, 0.2) is 46.5 Å². The molecule has 1 aromatic carbocycles. The molecule has 0 fully saturated rings. The molecule has 0 aliphatic heterocycles. The summed E-state index contributed by atoms with van der Waals surface area (Å²) < 4.78 is 26.6. The molecule has 0 bridgehead atoms. The predicted molar refractivity (Wildman–Crippen MR) is 75.5 cm³/mol. The molecule has 0 spiro atoms. The van der Waals surface area contributed by atoms with Crippen LogP contribution in [-0.2, 0) is 10.0 Å². The molecule has 7 heteroatoms. The Bertz CT molecular complexity index is 622. The number of aromatic amines is 1. The van der Waals surface area contributed by atoms with Crippen molar-refractivity contribution in [1.29, 1.82) is 0 Å². The number of benzene rings is 1. The lowest BCUT2D eigenvalue weighted by molar-refractivity contribution is 0.562. The van der Waals surface area contributed by atoms with Gasteiger partial charge in [-0.25, -0.2) is 13.1 Å². The van der Waals surface area contributed by atoms with Crippen LogP contribution in [0.1, 0.15) is 18.5 Å². The first-order valence-electron chi connectivity index (χ1n) is 5.68. The maximum atomic E-state index is 12.0. The SMILES string of the molecule is CSc1ccc(C(C)NS(=O)(=O)c2ccn[nH]2)cc1. The van der Waals surface area contributed by atoms with E-state index in [-0.39, 0.29) is 11.1 Å². The topological polar surface area (TPSA) is 74.8 Å². The van der Waals surface area contributed by atoms with Crippen LogP contribution in [0.4, 0.5) is 0 Å². The van der Waals surface area contributed by atoms with E-state index in [0.717, 1.165) is 10.5 Å². The highest BCUT2D eigenvalue weighted by atomic mass is 32.2. The number of aromatic nitrogens is 2. The summed E-state index contributed by atoms with van der Waals surface area (Å²) in [7, 11) is -3.55. The lowest BCUT2D eigenvalue weighted by atomic mass is 10.1. The van der Waals surface area contributed by atoms with E-state index in [4.69, 9.17) is 0 Å². The summed E-state index contributed by atoms with van der Waals surface area (Å²) in [6.07, 6.45) is 3.41. The van der Waals surface area contributed by atoms with E-state index in [1.165, 1.54) is 12.3 Å². The lowest BCUT2D eigenvalue weighted by Gasteiger charge is -2.14. The maximum Gasteiger partial charge on any atom is 0.258 e. The van der Waals surface area contributed by atoms with Gasteiger partial charge in [0.15, 0.2) is 5.03 Å². The number of hydrogen-bond donors (Lipinski definition) is 2. The summed E-state index contributed by atoms with van der Waals surface area (Å²) in [5.41, 5.74) is 0.917. The predicted octanol–water partition coefficient (Wildman–Crippen LogP) is 2.17. The van der Waals surface area contributed by atoms with E-state index in [1.54, 1.807) is 11.8 Å². The molecule has 0 saturated heterocycles. The average Bonchev–Trinajstić information content (AvgIpc) is 2.93. The maximum absolute atomic E-state index is 12.0. The van der Waals surface area contributed by atoms with Crippen LogP contribution in [-0.4, -0.2) is 24.9 Å². The van der Waals surface area contributed by atoms with Crippen molar-refractivity contribution in [3.63, 3.8) is 0 Å². The molecule has 19 heavy (non-hydrogen) atoms. The molecule has 0 aliphatic carbocycles. The van der Waals surface area contributed by atoms with E-state index >= 15 is 0 Å². The van der Waals surface area contributed by atoms with E-state index in [2.05, 4.69) is 14.9 Å². The van der Waals surface area contributed by atoms with Gasteiger partial charge in [0.05, 0.1) is 6.20 Å². The van der Waals surface area contributed by atoms with Crippen LogP contribution in [0.5, 0.6) is 0 Å². The van der Waals surface area contributed by atoms with Crippen LogP contribution in [0, 0.1) is 0 Å². The number of rotatable bonds is 5. The minimum atomic E-state index is -3.55. The number of hydrogen-bond acceptors (Lipinski definition) is 4. The number of nitrogens with one attached hydrogen (secondary N) is 2. The zero-order valence-electron chi connectivity index (χ0n) is 10.6. The van der Waals surface area contributed by atoms with Gasteiger partial charge in [-0.3, -0.25) is 5.10 Å². The summed E-state index contributed by atoms with van der Waals surface area (Å²) in [6.45, 7) is 1.81. The Labute approximate surface area is 116 Å². The quantitative estimate of drug-likeness (QED) is 0.829. The summed E-state index contributed by atoms with van der Waals surface area (Å²) in [6, 6.07) is 8.91. The van der Waals surface area contributed by atoms with Crippen LogP contribution in [0.2, 0.25) is 0 Å². The van der Waals surface area contributed by atoms with Crippen molar-refractivity contribution in [3.05, 3.63) is 42.1 Å². The van der Waals surface area contributed by atoms with Crippen LogP contribution >= 0.6 is 11.8 Å². The molecule has 0 saturated carbocycles.